The van der Waals surface area contributed by atoms with E-state index in [-0.39, 0.29) is 17.7 Å². The molecule has 2 fully saturated rings. The van der Waals surface area contributed by atoms with Crippen molar-refractivity contribution >= 4 is 34.6 Å². The van der Waals surface area contributed by atoms with E-state index in [9.17, 15) is 9.59 Å². The largest absolute Gasteiger partial charge is 0.472 e. The predicted molar refractivity (Wildman–Crippen MR) is 161 cm³/mol. The van der Waals surface area contributed by atoms with Crippen LogP contribution in [0.2, 0.25) is 0 Å². The van der Waals surface area contributed by atoms with Gasteiger partial charge in [-0.25, -0.2) is 14.8 Å². The molecule has 6 rings (SSSR count). The first-order valence-electron chi connectivity index (χ1n) is 14.6. The third-order valence-electron chi connectivity index (χ3n) is 7.99. The van der Waals surface area contributed by atoms with Gasteiger partial charge in [-0.1, -0.05) is 12.8 Å². The highest BCUT2D eigenvalue weighted by molar-refractivity contribution is 5.86. The number of hydrogen-bond acceptors (Lipinski definition) is 9. The Morgan fingerprint density at radius 3 is 2.45 bits per heavy atom. The average Bonchev–Trinajstić information content (AvgIpc) is 3.68. The first-order valence-corrected chi connectivity index (χ1v) is 14.6. The summed E-state index contributed by atoms with van der Waals surface area (Å²) < 4.78 is 12.7. The fourth-order valence-electron chi connectivity index (χ4n) is 5.88. The molecular formula is C31H37N7O4. The van der Waals surface area contributed by atoms with Gasteiger partial charge in [0.05, 0.1) is 30.0 Å². The lowest BCUT2D eigenvalue weighted by molar-refractivity contribution is 0.0240. The highest BCUT2D eigenvalue weighted by Crippen LogP contribution is 2.34. The minimum Gasteiger partial charge on any atom is -0.472 e. The van der Waals surface area contributed by atoms with Crippen molar-refractivity contribution in [3.05, 3.63) is 59.0 Å². The lowest BCUT2D eigenvalue weighted by Gasteiger charge is -2.36. The van der Waals surface area contributed by atoms with Gasteiger partial charge in [0.15, 0.2) is 0 Å². The van der Waals surface area contributed by atoms with Crippen molar-refractivity contribution in [1.29, 1.82) is 0 Å². The Morgan fingerprint density at radius 2 is 1.81 bits per heavy atom. The molecule has 1 aliphatic heterocycles. The fourth-order valence-corrected chi connectivity index (χ4v) is 5.88. The summed E-state index contributed by atoms with van der Waals surface area (Å²) in [5, 5.41) is 4.06. The van der Waals surface area contributed by atoms with Crippen LogP contribution in [0.25, 0.3) is 22.2 Å². The van der Waals surface area contributed by atoms with E-state index >= 15 is 0 Å². The van der Waals surface area contributed by atoms with Crippen LogP contribution in [0.15, 0.2) is 52.3 Å². The van der Waals surface area contributed by atoms with E-state index in [1.165, 1.54) is 0 Å². The second-order valence-corrected chi connectivity index (χ2v) is 12.0. The van der Waals surface area contributed by atoms with Gasteiger partial charge in [-0.3, -0.25) is 9.36 Å². The molecule has 0 atom stereocenters. The molecule has 220 valence electrons. The summed E-state index contributed by atoms with van der Waals surface area (Å²) in [6.45, 7) is 10.1. The number of fused-ring (bicyclic) bond motifs is 1. The minimum absolute atomic E-state index is 0.0489. The number of hydrogen-bond donors (Lipinski definition) is 1. The number of ether oxygens (including phenoxy) is 1. The van der Waals surface area contributed by atoms with Crippen molar-refractivity contribution in [3.8, 4) is 11.1 Å². The van der Waals surface area contributed by atoms with Gasteiger partial charge in [0.2, 0.25) is 5.95 Å². The second-order valence-electron chi connectivity index (χ2n) is 12.0. The van der Waals surface area contributed by atoms with Crippen LogP contribution < -0.4 is 15.8 Å². The van der Waals surface area contributed by atoms with E-state index in [4.69, 9.17) is 14.1 Å². The number of piperazine rings is 1. The van der Waals surface area contributed by atoms with E-state index in [1.54, 1.807) is 23.6 Å². The normalized spacial score (nSPS) is 16.3. The molecule has 42 heavy (non-hydrogen) atoms. The molecule has 11 nitrogen and oxygen atoms in total. The smallest absolute Gasteiger partial charge is 0.410 e. The van der Waals surface area contributed by atoms with Crippen LogP contribution in [0.1, 0.15) is 58.1 Å². The monoisotopic (exact) mass is 571 g/mol. The lowest BCUT2D eigenvalue weighted by Crippen LogP contribution is -2.50. The lowest BCUT2D eigenvalue weighted by atomic mass is 10.0. The van der Waals surface area contributed by atoms with E-state index in [1.807, 2.05) is 56.7 Å². The summed E-state index contributed by atoms with van der Waals surface area (Å²) in [6, 6.07) is 5.80. The Morgan fingerprint density at radius 1 is 1.05 bits per heavy atom. The van der Waals surface area contributed by atoms with Crippen molar-refractivity contribution in [2.24, 2.45) is 0 Å². The first-order chi connectivity index (χ1) is 20.2. The van der Waals surface area contributed by atoms with Crippen molar-refractivity contribution in [1.82, 2.24) is 24.4 Å². The number of nitrogens with one attached hydrogen (secondary N) is 1. The van der Waals surface area contributed by atoms with Gasteiger partial charge >= 0.3 is 6.09 Å². The fraction of sp³-hybridized carbons (Fsp3) is 0.452. The van der Waals surface area contributed by atoms with Gasteiger partial charge in [-0.05, 0) is 64.3 Å². The van der Waals surface area contributed by atoms with E-state index < -0.39 is 5.60 Å². The number of aryl methyl sites for hydroxylation is 1. The molecule has 0 spiro atoms. The van der Waals surface area contributed by atoms with Gasteiger partial charge in [-0.15, -0.1) is 0 Å². The van der Waals surface area contributed by atoms with E-state index in [0.29, 0.717) is 49.2 Å². The van der Waals surface area contributed by atoms with Crippen LogP contribution in [0.5, 0.6) is 0 Å². The number of carbonyl (C=O) groups excluding carboxylic acids is 1. The van der Waals surface area contributed by atoms with Gasteiger partial charge in [0.1, 0.15) is 17.1 Å². The molecule has 4 aromatic heterocycles. The summed E-state index contributed by atoms with van der Waals surface area (Å²) in [5.41, 5.74) is 3.29. The molecule has 1 saturated heterocycles. The maximum Gasteiger partial charge on any atom is 0.410 e. The highest BCUT2D eigenvalue weighted by atomic mass is 16.6. The van der Waals surface area contributed by atoms with Crippen LogP contribution in [0.4, 0.5) is 22.2 Å². The van der Waals surface area contributed by atoms with Gasteiger partial charge < -0.3 is 24.3 Å². The maximum absolute atomic E-state index is 13.9. The zero-order valence-corrected chi connectivity index (χ0v) is 24.6. The molecule has 0 bridgehead atoms. The Bertz CT molecular complexity index is 1630. The Labute approximate surface area is 244 Å². The van der Waals surface area contributed by atoms with E-state index in [2.05, 4.69) is 20.2 Å². The van der Waals surface area contributed by atoms with Gasteiger partial charge in [0, 0.05) is 49.4 Å². The van der Waals surface area contributed by atoms with Crippen LogP contribution in [-0.4, -0.2) is 62.3 Å². The van der Waals surface area contributed by atoms with Crippen LogP contribution >= 0.6 is 0 Å². The number of amides is 1. The number of aromatic nitrogens is 4. The number of furan rings is 1. The zero-order valence-electron chi connectivity index (χ0n) is 24.6. The molecule has 5 heterocycles. The third-order valence-corrected chi connectivity index (χ3v) is 7.99. The van der Waals surface area contributed by atoms with Crippen molar-refractivity contribution in [2.45, 2.75) is 65.0 Å². The van der Waals surface area contributed by atoms with E-state index in [0.717, 1.165) is 47.9 Å². The topological polar surface area (TPSA) is 119 Å². The van der Waals surface area contributed by atoms with Gasteiger partial charge in [-0.2, -0.15) is 4.98 Å². The number of nitrogens with zero attached hydrogens (tertiary/aromatic N) is 6. The molecule has 1 saturated carbocycles. The molecule has 11 heteroatoms. The second kappa shape index (κ2) is 11.1. The quantitative estimate of drug-likeness (QED) is 0.323. The average molecular weight is 572 g/mol. The molecule has 1 aliphatic carbocycles. The Kier molecular flexibility index (Phi) is 7.34. The Hall–Kier alpha value is -4.41. The van der Waals surface area contributed by atoms with Crippen LogP contribution in [0, 0.1) is 6.92 Å². The zero-order chi connectivity index (χ0) is 29.4. The summed E-state index contributed by atoms with van der Waals surface area (Å²) in [4.78, 5) is 44.2. The van der Waals surface area contributed by atoms with Gasteiger partial charge in [0.25, 0.3) is 5.56 Å². The summed E-state index contributed by atoms with van der Waals surface area (Å²) >= 11 is 0. The summed E-state index contributed by atoms with van der Waals surface area (Å²) in [5.74, 6) is 0.988. The minimum atomic E-state index is -0.508. The standard InChI is InChI=1S/C31H37N7O4/c1-20-24-18-33-29(35-27(24)38(22-7-5-6-8-22)28(39)26(20)21-11-16-41-19-21)34-25-10-9-23(17-32-25)36-12-14-37(15-13-36)30(40)42-31(2,3)4/h9-11,16-19,22H,5-8,12-15H2,1-4H3,(H,32,33,34,35). The Balaban J connectivity index is 1.21. The molecule has 1 N–H and O–H groups in total. The molecule has 0 radical (unpaired) electrons. The third kappa shape index (κ3) is 5.55. The maximum atomic E-state index is 13.9. The molecule has 1 amide bonds. The van der Waals surface area contributed by atoms with Crippen molar-refractivity contribution < 1.29 is 13.9 Å². The molecule has 0 unspecified atom stereocenters. The molecule has 0 aromatic carbocycles. The molecule has 4 aromatic rings. The molecular weight excluding hydrogens is 534 g/mol. The number of anilines is 3. The first kappa shape index (κ1) is 27.7. The number of carbonyl (C=O) groups is 1. The van der Waals surface area contributed by atoms with Crippen LogP contribution in [0.3, 0.4) is 0 Å². The van der Waals surface area contributed by atoms with Crippen LogP contribution in [-0.2, 0) is 4.74 Å². The predicted octanol–water partition coefficient (Wildman–Crippen LogP) is 5.67. The van der Waals surface area contributed by atoms with Crippen molar-refractivity contribution in [3.63, 3.8) is 0 Å². The molecule has 2 aliphatic rings. The number of pyridine rings is 2. The number of rotatable bonds is 5. The summed E-state index contributed by atoms with van der Waals surface area (Å²) in [7, 11) is 0. The SMILES string of the molecule is Cc1c(-c2ccoc2)c(=O)n(C2CCCC2)c2nc(Nc3ccc(N4CCN(C(=O)OC(C)(C)C)CC4)cn3)ncc12. The highest BCUT2D eigenvalue weighted by Gasteiger charge is 2.27. The summed E-state index contributed by atoms with van der Waals surface area (Å²) in [6.07, 6.45) is 10.6. The van der Waals surface area contributed by atoms with Crippen molar-refractivity contribution in [2.75, 3.05) is 36.4 Å².